The van der Waals surface area contributed by atoms with Crippen LogP contribution in [0.4, 0.5) is 14.5 Å². The Kier molecular flexibility index (Phi) is 7.55. The molecule has 1 N–H and O–H groups in total. The maximum atomic E-state index is 14.2. The summed E-state index contributed by atoms with van der Waals surface area (Å²) in [7, 11) is -3.40. The largest absolute Gasteiger partial charge is 0.454 e. The molecular formula is C24H21Cl2F2NO4S. The Morgan fingerprint density at radius 3 is 2.29 bits per heavy atom. The normalized spacial score (nSPS) is 11.9. The van der Waals surface area contributed by atoms with Crippen LogP contribution in [0.1, 0.15) is 25.0 Å². The third-order valence-corrected chi connectivity index (χ3v) is 6.42. The van der Waals surface area contributed by atoms with E-state index in [1.807, 2.05) is 0 Å². The third-order valence-electron chi connectivity index (χ3n) is 4.75. The van der Waals surface area contributed by atoms with Gasteiger partial charge in [-0.2, -0.15) is 0 Å². The minimum atomic E-state index is -3.40. The lowest BCUT2D eigenvalue weighted by Gasteiger charge is -2.17. The quantitative estimate of drug-likeness (QED) is 0.370. The van der Waals surface area contributed by atoms with Crippen molar-refractivity contribution in [3.63, 3.8) is 0 Å². The van der Waals surface area contributed by atoms with Crippen molar-refractivity contribution in [1.29, 1.82) is 0 Å². The molecule has 1 amide bonds. The van der Waals surface area contributed by atoms with Gasteiger partial charge in [-0.3, -0.25) is 4.79 Å². The van der Waals surface area contributed by atoms with Crippen molar-refractivity contribution in [2.24, 2.45) is 0 Å². The van der Waals surface area contributed by atoms with Gasteiger partial charge in [0.1, 0.15) is 17.2 Å². The topological polar surface area (TPSA) is 72.5 Å². The van der Waals surface area contributed by atoms with E-state index in [1.54, 1.807) is 12.1 Å². The molecule has 0 fully saturated rings. The number of carbonyl (C=O) groups is 1. The van der Waals surface area contributed by atoms with Gasteiger partial charge in [0.25, 0.3) is 0 Å². The predicted molar refractivity (Wildman–Crippen MR) is 129 cm³/mol. The van der Waals surface area contributed by atoms with Gasteiger partial charge in [-0.1, -0.05) is 35.3 Å². The van der Waals surface area contributed by atoms with Crippen LogP contribution >= 0.6 is 23.2 Å². The van der Waals surface area contributed by atoms with Gasteiger partial charge in [0.05, 0.1) is 21.4 Å². The summed E-state index contributed by atoms with van der Waals surface area (Å²) in [5.74, 6) is -1.09. The molecule has 0 atom stereocenters. The number of rotatable bonds is 7. The Hall–Kier alpha value is -2.68. The van der Waals surface area contributed by atoms with Crippen LogP contribution in [0.5, 0.6) is 11.5 Å². The number of nitrogens with one attached hydrogen (secondary N) is 1. The van der Waals surface area contributed by atoms with Crippen LogP contribution in [0.15, 0.2) is 59.5 Å². The number of hydrogen-bond acceptors (Lipinski definition) is 4. The Morgan fingerprint density at radius 1 is 1.06 bits per heavy atom. The summed E-state index contributed by atoms with van der Waals surface area (Å²) in [6.07, 6.45) is 1.00. The molecule has 0 bridgehead atoms. The van der Waals surface area contributed by atoms with Crippen molar-refractivity contribution < 1.29 is 26.7 Å². The molecule has 0 unspecified atom stereocenters. The molecule has 0 radical (unpaired) electrons. The van der Waals surface area contributed by atoms with Gasteiger partial charge in [-0.25, -0.2) is 17.2 Å². The number of ether oxygens (including phenoxy) is 1. The Bertz CT molecular complexity index is 1330. The molecule has 0 aromatic heterocycles. The summed E-state index contributed by atoms with van der Waals surface area (Å²) < 4.78 is 57.2. The molecule has 3 aromatic rings. The van der Waals surface area contributed by atoms with E-state index in [0.717, 1.165) is 18.4 Å². The highest BCUT2D eigenvalue weighted by Gasteiger charge is 2.21. The molecule has 5 nitrogen and oxygen atoms in total. The highest BCUT2D eigenvalue weighted by Crippen LogP contribution is 2.40. The van der Waals surface area contributed by atoms with Crippen LogP contribution in [0, 0.1) is 5.82 Å². The average molecular weight is 528 g/mol. The van der Waals surface area contributed by atoms with Gasteiger partial charge in [-0.15, -0.1) is 0 Å². The van der Waals surface area contributed by atoms with Gasteiger partial charge in [-0.05, 0) is 61.4 Å². The maximum Gasteiger partial charge on any atom is 0.228 e. The summed E-state index contributed by atoms with van der Waals surface area (Å²) in [5, 5.41) is 2.71. The van der Waals surface area contributed by atoms with Gasteiger partial charge in [0, 0.05) is 18.0 Å². The lowest BCUT2D eigenvalue weighted by Crippen LogP contribution is -2.14. The predicted octanol–water partition coefficient (Wildman–Crippen LogP) is 6.71. The second kappa shape index (κ2) is 9.90. The summed E-state index contributed by atoms with van der Waals surface area (Å²) in [6.45, 7) is 2.58. The molecule has 0 spiro atoms. The molecule has 3 aromatic carbocycles. The van der Waals surface area contributed by atoms with Crippen molar-refractivity contribution in [2.45, 2.75) is 30.8 Å². The molecule has 0 saturated carbocycles. The number of alkyl halides is 1. The standard InChI is InChI=1S/C24H21Cl2F2NO4S/c1-24(2,28)15-9-16(27)11-18(10-15)33-23-20(25)12-17(13-21(23)26)29-22(30)8-14-5-4-6-19(7-14)34(3,31)32/h4-7,9-13H,8H2,1-3H3,(H,29,30). The molecular weight excluding hydrogens is 507 g/mol. The smallest absolute Gasteiger partial charge is 0.228 e. The van der Waals surface area contributed by atoms with Gasteiger partial charge < -0.3 is 10.1 Å². The summed E-state index contributed by atoms with van der Waals surface area (Å²) in [4.78, 5) is 12.6. The molecule has 34 heavy (non-hydrogen) atoms. The van der Waals surface area contributed by atoms with E-state index in [0.29, 0.717) is 5.56 Å². The number of halogens is 4. The van der Waals surface area contributed by atoms with E-state index < -0.39 is 27.2 Å². The SMILES string of the molecule is CC(C)(F)c1cc(F)cc(Oc2c(Cl)cc(NC(=O)Cc3cccc(S(C)(=O)=O)c3)cc2Cl)c1. The second-order valence-corrected chi connectivity index (χ2v) is 11.0. The van der Waals surface area contributed by atoms with Crippen LogP contribution in [0.2, 0.25) is 10.0 Å². The molecule has 0 aliphatic carbocycles. The monoisotopic (exact) mass is 527 g/mol. The molecule has 0 heterocycles. The lowest BCUT2D eigenvalue weighted by atomic mass is 10.00. The zero-order valence-electron chi connectivity index (χ0n) is 18.5. The van der Waals surface area contributed by atoms with E-state index >= 15 is 0 Å². The first-order valence-electron chi connectivity index (χ1n) is 9.98. The van der Waals surface area contributed by atoms with Crippen LogP contribution in [0.25, 0.3) is 0 Å². The fourth-order valence-electron chi connectivity index (χ4n) is 3.09. The zero-order valence-corrected chi connectivity index (χ0v) is 20.8. The van der Waals surface area contributed by atoms with Crippen LogP contribution in [-0.4, -0.2) is 20.6 Å². The minimum absolute atomic E-state index is 0.00655. The molecule has 0 aliphatic heterocycles. The van der Waals surface area contributed by atoms with Crippen LogP contribution < -0.4 is 10.1 Å². The first-order chi connectivity index (χ1) is 15.7. The Morgan fingerprint density at radius 2 is 1.71 bits per heavy atom. The maximum absolute atomic E-state index is 14.2. The Balaban J connectivity index is 1.77. The summed E-state index contributed by atoms with van der Waals surface area (Å²) >= 11 is 12.5. The summed E-state index contributed by atoms with van der Waals surface area (Å²) in [5.41, 5.74) is -0.923. The van der Waals surface area contributed by atoms with Crippen LogP contribution in [0.3, 0.4) is 0 Å². The van der Waals surface area contributed by atoms with E-state index in [9.17, 15) is 22.0 Å². The molecule has 3 rings (SSSR count). The van der Waals surface area contributed by atoms with E-state index in [1.165, 1.54) is 44.2 Å². The van der Waals surface area contributed by atoms with Gasteiger partial charge in [0.2, 0.25) is 5.91 Å². The fraction of sp³-hybridized carbons (Fsp3) is 0.208. The van der Waals surface area contributed by atoms with Crippen LogP contribution in [-0.2, 0) is 26.7 Å². The Labute approximate surface area is 206 Å². The highest BCUT2D eigenvalue weighted by atomic mass is 35.5. The second-order valence-electron chi connectivity index (χ2n) is 8.16. The average Bonchev–Trinajstić information content (AvgIpc) is 2.69. The van der Waals surface area contributed by atoms with E-state index in [-0.39, 0.29) is 44.1 Å². The number of benzene rings is 3. The molecule has 0 saturated heterocycles. The summed E-state index contributed by atoms with van der Waals surface area (Å²) in [6, 6.07) is 12.3. The lowest BCUT2D eigenvalue weighted by molar-refractivity contribution is -0.115. The highest BCUT2D eigenvalue weighted by molar-refractivity contribution is 7.90. The third kappa shape index (κ3) is 6.68. The minimum Gasteiger partial charge on any atom is -0.454 e. The van der Waals surface area contributed by atoms with Crippen molar-refractivity contribution in [3.05, 3.63) is 81.6 Å². The van der Waals surface area contributed by atoms with Gasteiger partial charge in [0.15, 0.2) is 15.6 Å². The van der Waals surface area contributed by atoms with E-state index in [4.69, 9.17) is 27.9 Å². The number of sulfone groups is 1. The molecule has 0 aliphatic rings. The van der Waals surface area contributed by atoms with Gasteiger partial charge >= 0.3 is 0 Å². The number of anilines is 1. The van der Waals surface area contributed by atoms with Crippen molar-refractivity contribution in [2.75, 3.05) is 11.6 Å². The number of carbonyl (C=O) groups excluding carboxylic acids is 1. The van der Waals surface area contributed by atoms with Crippen molar-refractivity contribution in [1.82, 2.24) is 0 Å². The first-order valence-corrected chi connectivity index (χ1v) is 12.6. The number of hydrogen-bond donors (Lipinski definition) is 1. The first kappa shape index (κ1) is 25.9. The molecule has 10 heteroatoms. The van der Waals surface area contributed by atoms with E-state index in [2.05, 4.69) is 5.32 Å². The number of amides is 1. The molecule has 180 valence electrons. The van der Waals surface area contributed by atoms with Crippen molar-refractivity contribution >= 4 is 44.6 Å². The van der Waals surface area contributed by atoms with Crippen molar-refractivity contribution in [3.8, 4) is 11.5 Å². The zero-order chi connectivity index (χ0) is 25.3. The fourth-order valence-corrected chi connectivity index (χ4v) is 4.34.